The van der Waals surface area contributed by atoms with Gasteiger partial charge in [-0.15, -0.1) is 0 Å². The number of rotatable bonds is 6. The maximum Gasteiger partial charge on any atom is 0.338 e. The highest BCUT2D eigenvalue weighted by atomic mass is 16.5. The Morgan fingerprint density at radius 3 is 2.81 bits per heavy atom. The molecule has 140 valence electrons. The van der Waals surface area contributed by atoms with Gasteiger partial charge in [-0.25, -0.2) is 9.78 Å². The maximum atomic E-state index is 12.2. The molecular weight excluding hydrogens is 350 g/mol. The van der Waals surface area contributed by atoms with E-state index in [2.05, 4.69) is 10.3 Å². The summed E-state index contributed by atoms with van der Waals surface area (Å²) in [5.74, 6) is -0.472. The molecule has 0 fully saturated rings. The first kappa shape index (κ1) is 18.4. The Labute approximate surface area is 154 Å². The number of carbonyl (C=O) groups excluding carboxylic acids is 2. The standard InChI is InChI=1S/C19H19N3O5/c1-3-22-16-7-6-13(9-15(16)21-12(2)18(22)24)19(25)27-11-17(23)20-10-14-5-4-8-26-14/h4-9H,3,10-11H2,1-2H3,(H,20,23). The third-order valence-electron chi connectivity index (χ3n) is 4.04. The molecule has 27 heavy (non-hydrogen) atoms. The van der Waals surface area contributed by atoms with Crippen molar-refractivity contribution in [3.05, 3.63) is 64.0 Å². The van der Waals surface area contributed by atoms with Crippen LogP contribution in [-0.4, -0.2) is 28.0 Å². The summed E-state index contributed by atoms with van der Waals surface area (Å²) in [5, 5.41) is 2.59. The highest BCUT2D eigenvalue weighted by Crippen LogP contribution is 2.14. The summed E-state index contributed by atoms with van der Waals surface area (Å²) in [4.78, 5) is 40.4. The van der Waals surface area contributed by atoms with Crippen molar-refractivity contribution in [3.8, 4) is 0 Å². The van der Waals surface area contributed by atoms with Crippen LogP contribution in [0.15, 0.2) is 45.8 Å². The van der Waals surface area contributed by atoms with Crippen LogP contribution >= 0.6 is 0 Å². The minimum atomic E-state index is -0.640. The van der Waals surface area contributed by atoms with Gasteiger partial charge in [-0.05, 0) is 44.2 Å². The molecule has 0 bridgehead atoms. The number of benzene rings is 1. The Morgan fingerprint density at radius 2 is 2.11 bits per heavy atom. The number of fused-ring (bicyclic) bond motifs is 1. The van der Waals surface area contributed by atoms with Crippen LogP contribution in [0, 0.1) is 6.92 Å². The molecule has 0 aliphatic carbocycles. The molecule has 0 saturated carbocycles. The summed E-state index contributed by atoms with van der Waals surface area (Å²) in [6, 6.07) is 8.20. The predicted octanol–water partition coefficient (Wildman–Crippen LogP) is 1.79. The first-order valence-electron chi connectivity index (χ1n) is 8.47. The largest absolute Gasteiger partial charge is 0.467 e. The van der Waals surface area contributed by atoms with E-state index in [1.165, 1.54) is 6.26 Å². The van der Waals surface area contributed by atoms with Crippen LogP contribution in [0.2, 0.25) is 0 Å². The van der Waals surface area contributed by atoms with Crippen molar-refractivity contribution in [2.45, 2.75) is 26.9 Å². The number of ether oxygens (including phenoxy) is 1. The highest BCUT2D eigenvalue weighted by Gasteiger charge is 2.13. The van der Waals surface area contributed by atoms with Crippen LogP contribution in [0.1, 0.15) is 28.7 Å². The normalized spacial score (nSPS) is 10.7. The number of hydrogen-bond donors (Lipinski definition) is 1. The lowest BCUT2D eigenvalue weighted by molar-refractivity contribution is -0.124. The predicted molar refractivity (Wildman–Crippen MR) is 97.3 cm³/mol. The van der Waals surface area contributed by atoms with Crippen molar-refractivity contribution in [3.63, 3.8) is 0 Å². The summed E-state index contributed by atoms with van der Waals surface area (Å²) in [6.07, 6.45) is 1.51. The van der Waals surface area contributed by atoms with Crippen LogP contribution in [0.5, 0.6) is 0 Å². The van der Waals surface area contributed by atoms with E-state index < -0.39 is 18.5 Å². The monoisotopic (exact) mass is 369 g/mol. The van der Waals surface area contributed by atoms with E-state index in [0.29, 0.717) is 29.0 Å². The summed E-state index contributed by atoms with van der Waals surface area (Å²) >= 11 is 0. The van der Waals surface area contributed by atoms with Gasteiger partial charge < -0.3 is 19.0 Å². The molecule has 0 unspecified atom stereocenters. The van der Waals surface area contributed by atoms with Gasteiger partial charge in [-0.1, -0.05) is 0 Å². The number of nitrogens with zero attached hydrogens (tertiary/aromatic N) is 2. The highest BCUT2D eigenvalue weighted by molar-refractivity contribution is 5.94. The maximum absolute atomic E-state index is 12.2. The number of nitrogens with one attached hydrogen (secondary N) is 1. The number of hydrogen-bond acceptors (Lipinski definition) is 6. The molecule has 1 N–H and O–H groups in total. The second-order valence-corrected chi connectivity index (χ2v) is 5.88. The topological polar surface area (TPSA) is 103 Å². The van der Waals surface area contributed by atoms with Gasteiger partial charge in [0.1, 0.15) is 11.5 Å². The van der Waals surface area contributed by atoms with Gasteiger partial charge in [0.2, 0.25) is 0 Å². The van der Waals surface area contributed by atoms with Crippen LogP contribution in [0.3, 0.4) is 0 Å². The van der Waals surface area contributed by atoms with E-state index in [-0.39, 0.29) is 17.7 Å². The first-order valence-corrected chi connectivity index (χ1v) is 8.47. The SMILES string of the molecule is CCn1c(=O)c(C)nc2cc(C(=O)OCC(=O)NCc3ccco3)ccc21. The Kier molecular flexibility index (Phi) is 5.35. The number of amides is 1. The molecule has 0 saturated heterocycles. The van der Waals surface area contributed by atoms with Gasteiger partial charge in [0.25, 0.3) is 11.5 Å². The lowest BCUT2D eigenvalue weighted by atomic mass is 10.2. The van der Waals surface area contributed by atoms with E-state index >= 15 is 0 Å². The Morgan fingerprint density at radius 1 is 1.30 bits per heavy atom. The fourth-order valence-corrected chi connectivity index (χ4v) is 2.68. The van der Waals surface area contributed by atoms with E-state index in [0.717, 1.165) is 0 Å². The van der Waals surface area contributed by atoms with Crippen molar-refractivity contribution in [2.24, 2.45) is 0 Å². The van der Waals surface area contributed by atoms with E-state index in [1.807, 2.05) is 6.92 Å². The van der Waals surface area contributed by atoms with Gasteiger partial charge in [-0.2, -0.15) is 0 Å². The lowest BCUT2D eigenvalue weighted by Gasteiger charge is -2.10. The molecule has 0 radical (unpaired) electrons. The zero-order chi connectivity index (χ0) is 19.4. The van der Waals surface area contributed by atoms with E-state index in [1.54, 1.807) is 41.8 Å². The van der Waals surface area contributed by atoms with Gasteiger partial charge in [0, 0.05) is 6.54 Å². The third kappa shape index (κ3) is 4.05. The zero-order valence-corrected chi connectivity index (χ0v) is 15.0. The minimum Gasteiger partial charge on any atom is -0.467 e. The number of carbonyl (C=O) groups is 2. The van der Waals surface area contributed by atoms with Crippen LogP contribution in [0.4, 0.5) is 0 Å². The summed E-state index contributed by atoms with van der Waals surface area (Å²) in [7, 11) is 0. The van der Waals surface area contributed by atoms with E-state index in [4.69, 9.17) is 9.15 Å². The second-order valence-electron chi connectivity index (χ2n) is 5.88. The molecule has 1 amide bonds. The molecule has 0 atom stereocenters. The van der Waals surface area contributed by atoms with Gasteiger partial charge in [-0.3, -0.25) is 9.59 Å². The van der Waals surface area contributed by atoms with Gasteiger partial charge in [0.15, 0.2) is 6.61 Å². The summed E-state index contributed by atoms with van der Waals surface area (Å²) < 4.78 is 11.7. The smallest absolute Gasteiger partial charge is 0.338 e. The molecule has 0 aliphatic heterocycles. The quantitative estimate of drug-likeness (QED) is 0.665. The molecule has 8 nitrogen and oxygen atoms in total. The molecular formula is C19H19N3O5. The van der Waals surface area contributed by atoms with E-state index in [9.17, 15) is 14.4 Å². The fourth-order valence-electron chi connectivity index (χ4n) is 2.68. The average molecular weight is 369 g/mol. The molecule has 8 heteroatoms. The van der Waals surface area contributed by atoms with Crippen molar-refractivity contribution >= 4 is 22.9 Å². The number of aromatic nitrogens is 2. The van der Waals surface area contributed by atoms with Crippen LogP contribution in [0.25, 0.3) is 11.0 Å². The molecule has 0 aliphatic rings. The number of furan rings is 1. The molecule has 3 rings (SSSR count). The van der Waals surface area contributed by atoms with Crippen molar-refractivity contribution < 1.29 is 18.7 Å². The molecule has 3 aromatic rings. The fraction of sp³-hybridized carbons (Fsp3) is 0.263. The van der Waals surface area contributed by atoms with Crippen molar-refractivity contribution in [2.75, 3.05) is 6.61 Å². The average Bonchev–Trinajstić information content (AvgIpc) is 3.18. The van der Waals surface area contributed by atoms with Gasteiger partial charge in [0.05, 0.1) is 29.4 Å². The lowest BCUT2D eigenvalue weighted by Crippen LogP contribution is -2.28. The summed E-state index contributed by atoms with van der Waals surface area (Å²) in [6.45, 7) is 3.81. The number of esters is 1. The molecule has 0 spiro atoms. The van der Waals surface area contributed by atoms with Crippen molar-refractivity contribution in [1.82, 2.24) is 14.9 Å². The number of aryl methyl sites for hydroxylation is 2. The van der Waals surface area contributed by atoms with Crippen LogP contribution in [-0.2, 0) is 22.6 Å². The van der Waals surface area contributed by atoms with Crippen LogP contribution < -0.4 is 10.9 Å². The Hall–Kier alpha value is -3.42. The Bertz CT molecular complexity index is 1040. The van der Waals surface area contributed by atoms with Gasteiger partial charge >= 0.3 is 5.97 Å². The van der Waals surface area contributed by atoms with Crippen molar-refractivity contribution in [1.29, 1.82) is 0 Å². The zero-order valence-electron chi connectivity index (χ0n) is 15.0. The molecule has 2 heterocycles. The first-order chi connectivity index (χ1) is 13.0. The molecule has 2 aromatic heterocycles. The minimum absolute atomic E-state index is 0.159. The molecule has 1 aromatic carbocycles. The second kappa shape index (κ2) is 7.86. The third-order valence-corrected chi connectivity index (χ3v) is 4.04. The summed E-state index contributed by atoms with van der Waals surface area (Å²) in [5.41, 5.74) is 1.61. The Balaban J connectivity index is 1.67.